The number of benzene rings is 2. The average molecular weight is 296 g/mol. The van der Waals surface area contributed by atoms with Gasteiger partial charge in [0.15, 0.2) is 11.5 Å². The molecule has 3 rings (SSSR count). The van der Waals surface area contributed by atoms with E-state index in [-0.39, 0.29) is 6.79 Å². The summed E-state index contributed by atoms with van der Waals surface area (Å²) in [7, 11) is 0. The van der Waals surface area contributed by atoms with Crippen LogP contribution in [0, 0.1) is 13.8 Å². The number of fused-ring (bicyclic) bond motifs is 1. The molecule has 2 aromatic rings. The van der Waals surface area contributed by atoms with E-state index in [9.17, 15) is 4.79 Å². The van der Waals surface area contributed by atoms with Crippen LogP contribution in [-0.4, -0.2) is 12.8 Å². The summed E-state index contributed by atoms with van der Waals surface area (Å²) < 4.78 is 15.8. The van der Waals surface area contributed by atoms with Crippen molar-refractivity contribution in [2.24, 2.45) is 0 Å². The molecule has 0 amide bonds. The highest BCUT2D eigenvalue weighted by Gasteiger charge is 2.12. The molecule has 0 saturated heterocycles. The summed E-state index contributed by atoms with van der Waals surface area (Å²) in [6.07, 6.45) is 3.09. The smallest absolute Gasteiger partial charge is 0.336 e. The van der Waals surface area contributed by atoms with Crippen LogP contribution < -0.4 is 14.2 Å². The predicted molar refractivity (Wildman–Crippen MR) is 83.2 cm³/mol. The monoisotopic (exact) mass is 296 g/mol. The summed E-state index contributed by atoms with van der Waals surface area (Å²) in [5.74, 6) is 1.54. The first-order valence-electron chi connectivity index (χ1n) is 6.98. The maximum atomic E-state index is 11.9. The highest BCUT2D eigenvalue weighted by Crippen LogP contribution is 2.32. The van der Waals surface area contributed by atoms with Crippen LogP contribution in [0.5, 0.6) is 17.2 Å². The summed E-state index contributed by atoms with van der Waals surface area (Å²) >= 11 is 0. The maximum absolute atomic E-state index is 11.9. The number of hydrogen-bond donors (Lipinski definition) is 0. The van der Waals surface area contributed by atoms with Crippen LogP contribution in [-0.2, 0) is 4.79 Å². The Labute approximate surface area is 128 Å². The standard InChI is InChI=1S/C18H16O4/c1-12-7-13(2)9-15(8-12)22-18(19)6-4-14-3-5-16-17(10-14)21-11-20-16/h3-10H,11H2,1-2H3/b6-4+. The van der Waals surface area contributed by atoms with Crippen molar-refractivity contribution >= 4 is 12.0 Å². The van der Waals surface area contributed by atoms with E-state index in [1.165, 1.54) is 6.08 Å². The van der Waals surface area contributed by atoms with E-state index in [4.69, 9.17) is 14.2 Å². The summed E-state index contributed by atoms with van der Waals surface area (Å²) in [6, 6.07) is 11.2. The van der Waals surface area contributed by atoms with E-state index >= 15 is 0 Å². The lowest BCUT2D eigenvalue weighted by Crippen LogP contribution is -2.04. The van der Waals surface area contributed by atoms with Crippen molar-refractivity contribution in [2.45, 2.75) is 13.8 Å². The number of rotatable bonds is 3. The first-order valence-corrected chi connectivity index (χ1v) is 6.98. The van der Waals surface area contributed by atoms with E-state index in [1.54, 1.807) is 6.08 Å². The summed E-state index contributed by atoms with van der Waals surface area (Å²) in [5, 5.41) is 0. The number of carbonyl (C=O) groups is 1. The van der Waals surface area contributed by atoms with Gasteiger partial charge < -0.3 is 14.2 Å². The Morgan fingerprint density at radius 1 is 1.05 bits per heavy atom. The molecule has 1 aliphatic rings. The van der Waals surface area contributed by atoms with Crippen molar-refractivity contribution in [2.75, 3.05) is 6.79 Å². The molecule has 0 aromatic heterocycles. The third-order valence-electron chi connectivity index (χ3n) is 3.22. The molecule has 22 heavy (non-hydrogen) atoms. The second-order valence-electron chi connectivity index (χ2n) is 5.19. The van der Waals surface area contributed by atoms with Crippen LogP contribution in [0.2, 0.25) is 0 Å². The van der Waals surface area contributed by atoms with Gasteiger partial charge in [0.2, 0.25) is 6.79 Å². The molecule has 0 fully saturated rings. The number of carbonyl (C=O) groups excluding carboxylic acids is 1. The Kier molecular flexibility index (Phi) is 3.83. The van der Waals surface area contributed by atoms with Crippen molar-refractivity contribution in [3.05, 3.63) is 59.2 Å². The second-order valence-corrected chi connectivity index (χ2v) is 5.19. The topological polar surface area (TPSA) is 44.8 Å². The summed E-state index contributed by atoms with van der Waals surface area (Å²) in [4.78, 5) is 11.9. The van der Waals surface area contributed by atoms with Gasteiger partial charge in [-0.25, -0.2) is 4.79 Å². The van der Waals surface area contributed by atoms with Crippen LogP contribution >= 0.6 is 0 Å². The van der Waals surface area contributed by atoms with Crippen LogP contribution in [0.1, 0.15) is 16.7 Å². The molecule has 1 heterocycles. The first-order chi connectivity index (χ1) is 10.6. The van der Waals surface area contributed by atoms with Gasteiger partial charge in [-0.1, -0.05) is 12.1 Å². The van der Waals surface area contributed by atoms with Gasteiger partial charge in [-0.15, -0.1) is 0 Å². The molecule has 2 aromatic carbocycles. The molecular weight excluding hydrogens is 280 g/mol. The van der Waals surface area contributed by atoms with Gasteiger partial charge in [-0.3, -0.25) is 0 Å². The highest BCUT2D eigenvalue weighted by molar-refractivity contribution is 5.88. The Morgan fingerprint density at radius 2 is 1.77 bits per heavy atom. The van der Waals surface area contributed by atoms with Crippen molar-refractivity contribution in [3.8, 4) is 17.2 Å². The SMILES string of the molecule is Cc1cc(C)cc(OC(=O)/C=C/c2ccc3c(c2)OCO3)c1. The van der Waals surface area contributed by atoms with E-state index in [1.807, 2.05) is 50.2 Å². The zero-order chi connectivity index (χ0) is 15.5. The average Bonchev–Trinajstić information content (AvgIpc) is 2.91. The van der Waals surface area contributed by atoms with Gasteiger partial charge in [-0.2, -0.15) is 0 Å². The minimum absolute atomic E-state index is 0.233. The number of aryl methyl sites for hydroxylation is 2. The fraction of sp³-hybridized carbons (Fsp3) is 0.167. The van der Waals surface area contributed by atoms with Crippen LogP contribution in [0.3, 0.4) is 0 Å². The minimum atomic E-state index is -0.414. The van der Waals surface area contributed by atoms with Gasteiger partial charge in [0, 0.05) is 6.08 Å². The van der Waals surface area contributed by atoms with E-state index in [0.717, 1.165) is 22.4 Å². The van der Waals surface area contributed by atoms with Gasteiger partial charge in [0.05, 0.1) is 0 Å². The Morgan fingerprint density at radius 3 is 2.55 bits per heavy atom. The molecule has 0 atom stereocenters. The van der Waals surface area contributed by atoms with Crippen LogP contribution in [0.15, 0.2) is 42.5 Å². The lowest BCUT2D eigenvalue weighted by atomic mass is 10.1. The minimum Gasteiger partial charge on any atom is -0.454 e. The first kappa shape index (κ1) is 14.2. The third kappa shape index (κ3) is 3.28. The van der Waals surface area contributed by atoms with E-state index < -0.39 is 5.97 Å². The van der Waals surface area contributed by atoms with Crippen LogP contribution in [0.25, 0.3) is 6.08 Å². The maximum Gasteiger partial charge on any atom is 0.336 e. The molecule has 0 aliphatic carbocycles. The number of ether oxygens (including phenoxy) is 3. The highest BCUT2D eigenvalue weighted by atomic mass is 16.7. The predicted octanol–water partition coefficient (Wildman–Crippen LogP) is 3.65. The second kappa shape index (κ2) is 5.93. The molecule has 4 heteroatoms. The Bertz CT molecular complexity index is 726. The third-order valence-corrected chi connectivity index (χ3v) is 3.22. The van der Waals surface area contributed by atoms with Crippen molar-refractivity contribution in [1.29, 1.82) is 0 Å². The van der Waals surface area contributed by atoms with E-state index in [0.29, 0.717) is 11.5 Å². The molecule has 0 bridgehead atoms. The molecule has 0 unspecified atom stereocenters. The number of hydrogen-bond acceptors (Lipinski definition) is 4. The normalized spacial score (nSPS) is 12.6. The summed E-state index contributed by atoms with van der Waals surface area (Å²) in [6.45, 7) is 4.16. The zero-order valence-corrected chi connectivity index (χ0v) is 12.5. The van der Waals surface area contributed by atoms with E-state index in [2.05, 4.69) is 0 Å². The lowest BCUT2D eigenvalue weighted by Gasteiger charge is -2.04. The quantitative estimate of drug-likeness (QED) is 0.492. The fourth-order valence-corrected chi connectivity index (χ4v) is 2.32. The largest absolute Gasteiger partial charge is 0.454 e. The van der Waals surface area contributed by atoms with Crippen LogP contribution in [0.4, 0.5) is 0 Å². The molecule has 112 valence electrons. The van der Waals surface area contributed by atoms with Gasteiger partial charge in [0.1, 0.15) is 5.75 Å². The molecule has 1 aliphatic heterocycles. The van der Waals surface area contributed by atoms with Gasteiger partial charge in [0.25, 0.3) is 0 Å². The molecule has 0 N–H and O–H groups in total. The lowest BCUT2D eigenvalue weighted by molar-refractivity contribution is -0.128. The fourth-order valence-electron chi connectivity index (χ4n) is 2.32. The molecule has 4 nitrogen and oxygen atoms in total. The van der Waals surface area contributed by atoms with Gasteiger partial charge >= 0.3 is 5.97 Å². The zero-order valence-electron chi connectivity index (χ0n) is 12.5. The number of esters is 1. The Hall–Kier alpha value is -2.75. The van der Waals surface area contributed by atoms with Gasteiger partial charge in [-0.05, 0) is 60.9 Å². The Balaban J connectivity index is 1.68. The molecule has 0 saturated carbocycles. The van der Waals surface area contributed by atoms with Crippen molar-refractivity contribution in [1.82, 2.24) is 0 Å². The summed E-state index contributed by atoms with van der Waals surface area (Å²) in [5.41, 5.74) is 2.96. The molecular formula is C18H16O4. The van der Waals surface area contributed by atoms with Crippen molar-refractivity contribution < 1.29 is 19.0 Å². The molecule has 0 spiro atoms. The molecule has 0 radical (unpaired) electrons. The van der Waals surface area contributed by atoms with Crippen molar-refractivity contribution in [3.63, 3.8) is 0 Å².